The van der Waals surface area contributed by atoms with Crippen molar-refractivity contribution in [1.29, 1.82) is 0 Å². The van der Waals surface area contributed by atoms with Crippen LogP contribution in [0.2, 0.25) is 0 Å². The molecule has 1 unspecified atom stereocenters. The van der Waals surface area contributed by atoms with Crippen molar-refractivity contribution < 1.29 is 28.7 Å². The molecule has 0 aromatic heterocycles. The van der Waals surface area contributed by atoms with Gasteiger partial charge in [-0.1, -0.05) is 12.5 Å². The Labute approximate surface area is 204 Å². The molecule has 5 amide bonds. The molecule has 0 spiro atoms. The standard InChI is InChI=1S/C25H32N4O6/c1-24(2,3)35-23(34)28(4)14-25(11-6-12-25)13-26-16-8-5-7-15-19(16)22(33)29(21(15)32)17-9-10-18(30)27-20(17)31/h5,7-8,17,26H,6,9-14H2,1-4H3,(H,27,30,31). The molecule has 1 aromatic rings. The minimum absolute atomic E-state index is 0.0720. The van der Waals surface area contributed by atoms with Crippen LogP contribution in [0.4, 0.5) is 10.5 Å². The zero-order valence-corrected chi connectivity index (χ0v) is 20.6. The van der Waals surface area contributed by atoms with E-state index in [1.807, 2.05) is 20.8 Å². The van der Waals surface area contributed by atoms with Crippen LogP contribution in [0.25, 0.3) is 0 Å². The summed E-state index contributed by atoms with van der Waals surface area (Å²) in [4.78, 5) is 65.2. The number of amides is 5. The topological polar surface area (TPSA) is 125 Å². The third-order valence-electron chi connectivity index (χ3n) is 6.81. The van der Waals surface area contributed by atoms with Gasteiger partial charge in [-0.25, -0.2) is 4.79 Å². The Kier molecular flexibility index (Phi) is 6.33. The summed E-state index contributed by atoms with van der Waals surface area (Å²) in [6, 6.07) is 4.00. The van der Waals surface area contributed by atoms with Crippen molar-refractivity contribution >= 4 is 35.4 Å². The van der Waals surface area contributed by atoms with E-state index in [0.29, 0.717) is 18.8 Å². The van der Waals surface area contributed by atoms with E-state index in [0.717, 1.165) is 24.2 Å². The average Bonchev–Trinajstić information content (AvgIpc) is 2.99. The molecule has 4 rings (SSSR count). The van der Waals surface area contributed by atoms with Crippen molar-refractivity contribution in [2.24, 2.45) is 5.41 Å². The lowest BCUT2D eigenvalue weighted by Crippen LogP contribution is -2.54. The highest BCUT2D eigenvalue weighted by atomic mass is 16.6. The number of hydrogen-bond donors (Lipinski definition) is 2. The normalized spacial score (nSPS) is 21.3. The maximum atomic E-state index is 13.3. The summed E-state index contributed by atoms with van der Waals surface area (Å²) >= 11 is 0. The first-order valence-electron chi connectivity index (χ1n) is 11.9. The first-order valence-corrected chi connectivity index (χ1v) is 11.9. The van der Waals surface area contributed by atoms with E-state index in [-0.39, 0.29) is 35.5 Å². The second-order valence-corrected chi connectivity index (χ2v) is 10.7. The molecule has 2 N–H and O–H groups in total. The van der Waals surface area contributed by atoms with E-state index in [1.54, 1.807) is 30.1 Å². The van der Waals surface area contributed by atoms with E-state index < -0.39 is 35.3 Å². The van der Waals surface area contributed by atoms with Gasteiger partial charge in [0.2, 0.25) is 11.8 Å². The van der Waals surface area contributed by atoms with Gasteiger partial charge in [-0.05, 0) is 52.2 Å². The van der Waals surface area contributed by atoms with Gasteiger partial charge < -0.3 is 15.0 Å². The lowest BCUT2D eigenvalue weighted by molar-refractivity contribution is -0.136. The van der Waals surface area contributed by atoms with Crippen LogP contribution in [0.5, 0.6) is 0 Å². The largest absolute Gasteiger partial charge is 0.444 e. The Morgan fingerprint density at radius 1 is 1.20 bits per heavy atom. The predicted octanol–water partition coefficient (Wildman–Crippen LogP) is 2.54. The van der Waals surface area contributed by atoms with Gasteiger partial charge in [0.15, 0.2) is 0 Å². The van der Waals surface area contributed by atoms with Crippen LogP contribution in [0.1, 0.15) is 73.6 Å². The van der Waals surface area contributed by atoms with Crippen molar-refractivity contribution in [2.45, 2.75) is 64.5 Å². The number of nitrogens with one attached hydrogen (secondary N) is 2. The fourth-order valence-electron chi connectivity index (χ4n) is 4.92. The van der Waals surface area contributed by atoms with Crippen LogP contribution < -0.4 is 10.6 Å². The second-order valence-electron chi connectivity index (χ2n) is 10.7. The lowest BCUT2D eigenvalue weighted by Gasteiger charge is -2.44. The number of hydrogen-bond acceptors (Lipinski definition) is 7. The quantitative estimate of drug-likeness (QED) is 0.595. The van der Waals surface area contributed by atoms with E-state index in [4.69, 9.17) is 4.74 Å². The minimum Gasteiger partial charge on any atom is -0.444 e. The molecule has 1 atom stereocenters. The highest BCUT2D eigenvalue weighted by Gasteiger charge is 2.46. The Morgan fingerprint density at radius 2 is 1.91 bits per heavy atom. The molecule has 10 nitrogen and oxygen atoms in total. The summed E-state index contributed by atoms with van der Waals surface area (Å²) in [6.07, 6.45) is 2.67. The first kappa shape index (κ1) is 24.7. The van der Waals surface area contributed by atoms with Gasteiger partial charge in [0.25, 0.3) is 11.8 Å². The van der Waals surface area contributed by atoms with Gasteiger partial charge in [-0.15, -0.1) is 0 Å². The highest BCUT2D eigenvalue weighted by molar-refractivity contribution is 6.25. The summed E-state index contributed by atoms with van der Waals surface area (Å²) in [6.45, 7) is 6.49. The average molecular weight is 485 g/mol. The van der Waals surface area contributed by atoms with Gasteiger partial charge in [0.1, 0.15) is 11.6 Å². The monoisotopic (exact) mass is 484 g/mol. The van der Waals surface area contributed by atoms with Crippen molar-refractivity contribution in [1.82, 2.24) is 15.1 Å². The maximum Gasteiger partial charge on any atom is 0.410 e. The smallest absolute Gasteiger partial charge is 0.410 e. The van der Waals surface area contributed by atoms with Crippen molar-refractivity contribution in [3.63, 3.8) is 0 Å². The predicted molar refractivity (Wildman–Crippen MR) is 127 cm³/mol. The molecule has 1 saturated heterocycles. The molecule has 2 aliphatic heterocycles. The molecule has 1 saturated carbocycles. The zero-order chi connectivity index (χ0) is 25.5. The van der Waals surface area contributed by atoms with E-state index >= 15 is 0 Å². The number of fused-ring (bicyclic) bond motifs is 1. The molecule has 10 heteroatoms. The van der Waals surface area contributed by atoms with Gasteiger partial charge in [0.05, 0.1) is 11.1 Å². The molecule has 2 heterocycles. The van der Waals surface area contributed by atoms with Crippen LogP contribution in [-0.4, -0.2) is 71.3 Å². The third-order valence-corrected chi connectivity index (χ3v) is 6.81. The van der Waals surface area contributed by atoms with Gasteiger partial charge in [0, 0.05) is 37.7 Å². The molecule has 3 aliphatic rings. The number of imide groups is 2. The maximum absolute atomic E-state index is 13.3. The third kappa shape index (κ3) is 4.87. The van der Waals surface area contributed by atoms with Crippen LogP contribution in [0.15, 0.2) is 18.2 Å². The summed E-state index contributed by atoms with van der Waals surface area (Å²) in [5.74, 6) is -2.13. The number of piperidine rings is 1. The number of benzene rings is 1. The van der Waals surface area contributed by atoms with Crippen LogP contribution in [0, 0.1) is 5.41 Å². The Bertz CT molecular complexity index is 1090. The zero-order valence-electron chi connectivity index (χ0n) is 20.6. The summed E-state index contributed by atoms with van der Waals surface area (Å²) in [5, 5.41) is 5.55. The summed E-state index contributed by atoms with van der Waals surface area (Å²) < 4.78 is 5.47. The summed E-state index contributed by atoms with van der Waals surface area (Å²) in [5.41, 5.74) is 0.225. The molecule has 1 aromatic carbocycles. The molecular weight excluding hydrogens is 452 g/mol. The van der Waals surface area contributed by atoms with Crippen molar-refractivity contribution in [3.05, 3.63) is 29.3 Å². The minimum atomic E-state index is -1.01. The van der Waals surface area contributed by atoms with E-state index in [2.05, 4.69) is 10.6 Å². The van der Waals surface area contributed by atoms with Gasteiger partial charge >= 0.3 is 6.09 Å². The van der Waals surface area contributed by atoms with E-state index in [9.17, 15) is 24.0 Å². The number of carbonyl (C=O) groups is 5. The van der Waals surface area contributed by atoms with Gasteiger partial charge in [-0.3, -0.25) is 29.4 Å². The lowest BCUT2D eigenvalue weighted by atomic mass is 9.68. The molecular formula is C25H32N4O6. The number of anilines is 1. The molecule has 2 fully saturated rings. The van der Waals surface area contributed by atoms with Crippen molar-refractivity contribution in [2.75, 3.05) is 25.5 Å². The van der Waals surface area contributed by atoms with Crippen molar-refractivity contribution in [3.8, 4) is 0 Å². The second kappa shape index (κ2) is 8.98. The highest BCUT2D eigenvalue weighted by Crippen LogP contribution is 2.42. The SMILES string of the molecule is CN(CC1(CNc2cccc3c2C(=O)N(C2CCC(=O)NC2=O)C3=O)CCC1)C(=O)OC(C)(C)C. The number of carbonyl (C=O) groups excluding carboxylic acids is 5. The fourth-order valence-corrected chi connectivity index (χ4v) is 4.92. The number of nitrogens with zero attached hydrogens (tertiary/aromatic N) is 2. The number of ether oxygens (including phenoxy) is 1. The summed E-state index contributed by atoms with van der Waals surface area (Å²) in [7, 11) is 1.72. The molecule has 188 valence electrons. The van der Waals surface area contributed by atoms with Gasteiger partial charge in [-0.2, -0.15) is 0 Å². The van der Waals surface area contributed by atoms with Crippen LogP contribution >= 0.6 is 0 Å². The fraction of sp³-hybridized carbons (Fsp3) is 0.560. The molecule has 1 aliphatic carbocycles. The van der Waals surface area contributed by atoms with Crippen LogP contribution in [-0.2, 0) is 14.3 Å². The Balaban J connectivity index is 1.48. The molecule has 0 bridgehead atoms. The Hall–Kier alpha value is -3.43. The molecule has 0 radical (unpaired) electrons. The van der Waals surface area contributed by atoms with E-state index in [1.165, 1.54) is 0 Å². The molecule has 35 heavy (non-hydrogen) atoms. The first-order chi connectivity index (χ1) is 16.4. The van der Waals surface area contributed by atoms with Crippen LogP contribution in [0.3, 0.4) is 0 Å². The Morgan fingerprint density at radius 3 is 2.51 bits per heavy atom. The number of rotatable bonds is 6.